The van der Waals surface area contributed by atoms with Gasteiger partial charge in [0.05, 0.1) is 4.92 Å². The lowest BCUT2D eigenvalue weighted by Crippen LogP contribution is -2.14. The average molecular weight is 283 g/mol. The van der Waals surface area contributed by atoms with Crippen molar-refractivity contribution in [2.24, 2.45) is 5.92 Å². The van der Waals surface area contributed by atoms with Crippen molar-refractivity contribution in [3.63, 3.8) is 0 Å². The molecule has 0 atom stereocenters. The summed E-state index contributed by atoms with van der Waals surface area (Å²) in [4.78, 5) is 9.56. The largest absolute Gasteiger partial charge is 0.340 e. The van der Waals surface area contributed by atoms with E-state index in [-0.39, 0.29) is 5.92 Å². The van der Waals surface area contributed by atoms with Gasteiger partial charge in [0, 0.05) is 0 Å². The Labute approximate surface area is 117 Å². The second-order valence-corrected chi connectivity index (χ2v) is 5.60. The number of nitro groups is 1. The highest BCUT2D eigenvalue weighted by Crippen LogP contribution is 2.39. The van der Waals surface area contributed by atoms with E-state index in [1.807, 2.05) is 0 Å². The van der Waals surface area contributed by atoms with Gasteiger partial charge < -0.3 is 0 Å². The predicted octanol–water partition coefficient (Wildman–Crippen LogP) is 4.95. The van der Waals surface area contributed by atoms with Crippen LogP contribution in [0, 0.1) is 27.7 Å². The normalized spacial score (nSPS) is 22.8. The zero-order valence-electron chi connectivity index (χ0n) is 11.6. The third kappa shape index (κ3) is 3.14. The van der Waals surface area contributed by atoms with Crippen LogP contribution in [0.15, 0.2) is 12.1 Å². The van der Waals surface area contributed by atoms with Crippen molar-refractivity contribution >= 4 is 5.69 Å². The number of hydrogen-bond acceptors (Lipinski definition) is 2. The van der Waals surface area contributed by atoms with Crippen LogP contribution in [0.4, 0.5) is 14.5 Å². The highest BCUT2D eigenvalue weighted by Gasteiger charge is 2.27. The third-order valence-corrected chi connectivity index (χ3v) is 4.24. The van der Waals surface area contributed by atoms with Crippen LogP contribution >= 0.6 is 0 Å². The molecule has 0 aliphatic heterocycles. The summed E-state index contributed by atoms with van der Waals surface area (Å²) in [5.74, 6) is -1.31. The first-order chi connectivity index (χ1) is 9.52. The molecule has 110 valence electrons. The van der Waals surface area contributed by atoms with Crippen LogP contribution in [0.5, 0.6) is 0 Å². The second-order valence-electron chi connectivity index (χ2n) is 5.60. The van der Waals surface area contributed by atoms with Crippen LogP contribution in [0.25, 0.3) is 0 Å². The summed E-state index contributed by atoms with van der Waals surface area (Å²) in [7, 11) is 0. The fourth-order valence-electron chi connectivity index (χ4n) is 3.19. The van der Waals surface area contributed by atoms with Gasteiger partial charge >= 0.3 is 5.69 Å². The topological polar surface area (TPSA) is 43.1 Å². The van der Waals surface area contributed by atoms with Crippen molar-refractivity contribution in [1.82, 2.24) is 0 Å². The van der Waals surface area contributed by atoms with Crippen LogP contribution in [0.1, 0.15) is 56.9 Å². The van der Waals surface area contributed by atoms with Crippen LogP contribution in [0.3, 0.4) is 0 Å². The molecule has 0 bridgehead atoms. The second kappa shape index (κ2) is 6.29. The zero-order valence-corrected chi connectivity index (χ0v) is 11.6. The Kier molecular flexibility index (Phi) is 4.68. The monoisotopic (exact) mass is 283 g/mol. The lowest BCUT2D eigenvalue weighted by molar-refractivity contribution is -0.390. The Balaban J connectivity index is 2.13. The van der Waals surface area contributed by atoms with Gasteiger partial charge in [-0.05, 0) is 55.2 Å². The highest BCUT2D eigenvalue weighted by atomic mass is 19.1. The van der Waals surface area contributed by atoms with E-state index < -0.39 is 22.2 Å². The van der Waals surface area contributed by atoms with Gasteiger partial charge in [-0.1, -0.05) is 19.8 Å². The number of hydrogen-bond donors (Lipinski definition) is 0. The zero-order chi connectivity index (χ0) is 14.7. The maximum atomic E-state index is 13.6. The van der Waals surface area contributed by atoms with Gasteiger partial charge in [-0.3, -0.25) is 10.1 Å². The molecule has 5 heteroatoms. The summed E-state index contributed by atoms with van der Waals surface area (Å²) >= 11 is 0. The first kappa shape index (κ1) is 14.9. The van der Waals surface area contributed by atoms with E-state index in [1.165, 1.54) is 6.42 Å². The Bertz CT molecular complexity index is 474. The maximum Gasteiger partial charge on any atom is 0.340 e. The summed E-state index contributed by atoms with van der Waals surface area (Å²) in [6.07, 6.45) is 6.31. The van der Waals surface area contributed by atoms with Gasteiger partial charge in [-0.2, -0.15) is 8.78 Å². The summed E-state index contributed by atoms with van der Waals surface area (Å²) in [6, 6.07) is 2.26. The molecule has 1 aliphatic carbocycles. The molecular weight excluding hydrogens is 264 g/mol. The quantitative estimate of drug-likeness (QED) is 0.579. The van der Waals surface area contributed by atoms with Crippen LogP contribution in [0.2, 0.25) is 0 Å². The average Bonchev–Trinajstić information content (AvgIpc) is 2.38. The molecule has 1 aliphatic rings. The van der Waals surface area contributed by atoms with E-state index in [0.29, 0.717) is 11.5 Å². The molecule has 2 rings (SSSR count). The molecule has 0 unspecified atom stereocenters. The lowest BCUT2D eigenvalue weighted by Gasteiger charge is -2.28. The van der Waals surface area contributed by atoms with E-state index in [2.05, 4.69) is 6.92 Å². The first-order valence-electron chi connectivity index (χ1n) is 7.16. The Morgan fingerprint density at radius 3 is 2.20 bits per heavy atom. The molecule has 0 heterocycles. The molecule has 1 saturated carbocycles. The SMILES string of the molecule is CCCC1CCC(c2cc(F)c([N+](=O)[O-])c(F)c2)CC1. The molecule has 1 aromatic rings. The van der Waals surface area contributed by atoms with E-state index >= 15 is 0 Å². The van der Waals surface area contributed by atoms with Gasteiger partial charge in [0.15, 0.2) is 0 Å². The van der Waals surface area contributed by atoms with E-state index in [1.54, 1.807) is 0 Å². The number of benzene rings is 1. The minimum atomic E-state index is -1.07. The maximum absolute atomic E-state index is 13.6. The molecule has 3 nitrogen and oxygen atoms in total. The molecule has 0 spiro atoms. The number of rotatable bonds is 4. The fraction of sp³-hybridized carbons (Fsp3) is 0.600. The van der Waals surface area contributed by atoms with Crippen LogP contribution in [-0.4, -0.2) is 4.92 Å². The minimum Gasteiger partial charge on any atom is -0.258 e. The number of nitro benzene ring substituents is 1. The molecule has 0 radical (unpaired) electrons. The van der Waals surface area contributed by atoms with Gasteiger partial charge in [-0.15, -0.1) is 0 Å². The Morgan fingerprint density at radius 1 is 1.20 bits per heavy atom. The van der Waals surface area contributed by atoms with Crippen LogP contribution < -0.4 is 0 Å². The predicted molar refractivity (Wildman–Crippen MR) is 72.6 cm³/mol. The van der Waals surface area contributed by atoms with E-state index in [9.17, 15) is 18.9 Å². The van der Waals surface area contributed by atoms with Crippen molar-refractivity contribution in [1.29, 1.82) is 0 Å². The lowest BCUT2D eigenvalue weighted by atomic mass is 9.77. The highest BCUT2D eigenvalue weighted by molar-refractivity contribution is 5.38. The Hall–Kier alpha value is -1.52. The molecule has 1 aromatic carbocycles. The summed E-state index contributed by atoms with van der Waals surface area (Å²) in [5.41, 5.74) is -0.492. The van der Waals surface area contributed by atoms with Crippen molar-refractivity contribution in [2.45, 2.75) is 51.4 Å². The van der Waals surface area contributed by atoms with E-state index in [0.717, 1.165) is 44.2 Å². The smallest absolute Gasteiger partial charge is 0.258 e. The molecule has 0 N–H and O–H groups in total. The van der Waals surface area contributed by atoms with Crippen molar-refractivity contribution < 1.29 is 13.7 Å². The fourth-order valence-corrected chi connectivity index (χ4v) is 3.19. The van der Waals surface area contributed by atoms with Gasteiger partial charge in [-0.25, -0.2) is 0 Å². The number of nitrogens with zero attached hydrogens (tertiary/aromatic N) is 1. The summed E-state index contributed by atoms with van der Waals surface area (Å²) in [5, 5.41) is 10.6. The van der Waals surface area contributed by atoms with Crippen molar-refractivity contribution in [2.75, 3.05) is 0 Å². The van der Waals surface area contributed by atoms with Gasteiger partial charge in [0.25, 0.3) is 0 Å². The standard InChI is InChI=1S/C15H19F2NO2/c1-2-3-10-4-6-11(7-5-10)12-8-13(16)15(18(19)20)14(17)9-12/h8-11H,2-7H2,1H3. The minimum absolute atomic E-state index is 0.118. The van der Waals surface area contributed by atoms with Crippen molar-refractivity contribution in [3.05, 3.63) is 39.4 Å². The Morgan fingerprint density at radius 2 is 1.75 bits per heavy atom. The first-order valence-corrected chi connectivity index (χ1v) is 7.16. The summed E-state index contributed by atoms with van der Waals surface area (Å²) < 4.78 is 27.3. The molecule has 0 saturated heterocycles. The van der Waals surface area contributed by atoms with Gasteiger partial charge in [0.2, 0.25) is 11.6 Å². The molecule has 0 aromatic heterocycles. The molecule has 1 fully saturated rings. The summed E-state index contributed by atoms with van der Waals surface area (Å²) in [6.45, 7) is 2.16. The molecule has 20 heavy (non-hydrogen) atoms. The van der Waals surface area contributed by atoms with E-state index in [4.69, 9.17) is 0 Å². The molecular formula is C15H19F2NO2. The van der Waals surface area contributed by atoms with Crippen molar-refractivity contribution in [3.8, 4) is 0 Å². The van der Waals surface area contributed by atoms with Gasteiger partial charge in [0.1, 0.15) is 0 Å². The number of halogens is 2. The third-order valence-electron chi connectivity index (χ3n) is 4.24. The molecule has 0 amide bonds. The van der Waals surface area contributed by atoms with Crippen LogP contribution in [-0.2, 0) is 0 Å².